The lowest BCUT2D eigenvalue weighted by atomic mass is 10.2. The van der Waals surface area contributed by atoms with E-state index in [4.69, 9.17) is 10.8 Å². The highest BCUT2D eigenvalue weighted by Crippen LogP contribution is 2.17. The van der Waals surface area contributed by atoms with Gasteiger partial charge >= 0.3 is 5.97 Å². The predicted octanol–water partition coefficient (Wildman–Crippen LogP) is 1.01. The van der Waals surface area contributed by atoms with E-state index in [1.54, 1.807) is 6.20 Å². The molecule has 0 aromatic carbocycles. The van der Waals surface area contributed by atoms with E-state index in [0.717, 1.165) is 5.01 Å². The minimum absolute atomic E-state index is 0.0980. The fourth-order valence-electron chi connectivity index (χ4n) is 0.820. The maximum Gasteiger partial charge on any atom is 0.303 e. The fourth-order valence-corrected chi connectivity index (χ4v) is 1.50. The molecule has 66 valence electrons. The molecule has 0 aliphatic heterocycles. The third-order valence-corrected chi connectivity index (χ3v) is 2.35. The highest BCUT2D eigenvalue weighted by molar-refractivity contribution is 7.09. The second-order valence-corrected chi connectivity index (χ2v) is 3.34. The van der Waals surface area contributed by atoms with Gasteiger partial charge in [0.15, 0.2) is 0 Å². The molecule has 1 unspecified atom stereocenters. The smallest absolute Gasteiger partial charge is 0.303 e. The Morgan fingerprint density at radius 2 is 2.58 bits per heavy atom. The second-order valence-electron chi connectivity index (χ2n) is 2.41. The van der Waals surface area contributed by atoms with Gasteiger partial charge in [0.2, 0.25) is 0 Å². The summed E-state index contributed by atoms with van der Waals surface area (Å²) in [7, 11) is 0. The summed E-state index contributed by atoms with van der Waals surface area (Å²) in [5.41, 5.74) is 5.67. The van der Waals surface area contributed by atoms with Crippen LogP contribution in [-0.4, -0.2) is 16.1 Å². The molecule has 0 fully saturated rings. The summed E-state index contributed by atoms with van der Waals surface area (Å²) in [5.74, 6) is -0.818. The number of rotatable bonds is 4. The average molecular weight is 186 g/mol. The molecule has 1 aromatic rings. The number of hydrogen-bond acceptors (Lipinski definition) is 4. The Morgan fingerprint density at radius 3 is 3.08 bits per heavy atom. The Bertz CT molecular complexity index is 248. The maximum absolute atomic E-state index is 10.2. The van der Waals surface area contributed by atoms with Crippen LogP contribution < -0.4 is 5.73 Å². The van der Waals surface area contributed by atoms with Gasteiger partial charge in [-0.1, -0.05) is 0 Å². The third-order valence-electron chi connectivity index (χ3n) is 1.44. The molecular formula is C7H10N2O2S. The monoisotopic (exact) mass is 186 g/mol. The van der Waals surface area contributed by atoms with Gasteiger partial charge in [-0.2, -0.15) is 0 Å². The van der Waals surface area contributed by atoms with Crippen LogP contribution in [0.5, 0.6) is 0 Å². The molecule has 12 heavy (non-hydrogen) atoms. The lowest BCUT2D eigenvalue weighted by Crippen LogP contribution is -2.11. The van der Waals surface area contributed by atoms with Gasteiger partial charge in [-0.15, -0.1) is 11.3 Å². The molecule has 1 heterocycles. The molecule has 1 rings (SSSR count). The minimum atomic E-state index is -0.818. The number of thiazole rings is 1. The van der Waals surface area contributed by atoms with Gasteiger partial charge in [0, 0.05) is 18.0 Å². The average Bonchev–Trinajstić information content (AvgIpc) is 2.51. The highest BCUT2D eigenvalue weighted by Gasteiger charge is 2.09. The van der Waals surface area contributed by atoms with Gasteiger partial charge in [-0.25, -0.2) is 4.98 Å². The Kier molecular flexibility index (Phi) is 3.19. The molecule has 0 radical (unpaired) electrons. The van der Waals surface area contributed by atoms with Crippen LogP contribution in [-0.2, 0) is 4.79 Å². The zero-order chi connectivity index (χ0) is 8.97. The van der Waals surface area contributed by atoms with Crippen LogP contribution in [0.3, 0.4) is 0 Å². The number of aromatic nitrogens is 1. The van der Waals surface area contributed by atoms with Gasteiger partial charge in [0.25, 0.3) is 0 Å². The third kappa shape index (κ3) is 2.60. The molecule has 0 aliphatic carbocycles. The van der Waals surface area contributed by atoms with Crippen molar-refractivity contribution in [2.24, 2.45) is 5.73 Å². The van der Waals surface area contributed by atoms with Crippen molar-refractivity contribution in [3.63, 3.8) is 0 Å². The highest BCUT2D eigenvalue weighted by atomic mass is 32.1. The van der Waals surface area contributed by atoms with E-state index < -0.39 is 5.97 Å². The van der Waals surface area contributed by atoms with Crippen molar-refractivity contribution in [1.29, 1.82) is 0 Å². The normalized spacial score (nSPS) is 12.8. The number of carbonyl (C=O) groups is 1. The number of carboxylic acid groups (broad SMARTS) is 1. The standard InChI is InChI=1S/C7H10N2O2S/c8-5(1-2-6(10)11)7-9-3-4-12-7/h3-5H,1-2,8H2,(H,10,11). The summed E-state index contributed by atoms with van der Waals surface area (Å²) in [6.07, 6.45) is 2.21. The molecule has 0 saturated heterocycles. The topological polar surface area (TPSA) is 76.2 Å². The molecule has 0 saturated carbocycles. The number of nitrogens with zero attached hydrogens (tertiary/aromatic N) is 1. The van der Waals surface area contributed by atoms with Gasteiger partial charge in [-0.05, 0) is 6.42 Å². The Labute approximate surface area is 74.0 Å². The Balaban J connectivity index is 2.39. The van der Waals surface area contributed by atoms with Crippen molar-refractivity contribution in [1.82, 2.24) is 4.98 Å². The first-order valence-electron chi connectivity index (χ1n) is 3.57. The van der Waals surface area contributed by atoms with Crippen molar-refractivity contribution in [3.8, 4) is 0 Å². The predicted molar refractivity (Wildman–Crippen MR) is 45.9 cm³/mol. The van der Waals surface area contributed by atoms with E-state index in [2.05, 4.69) is 4.98 Å². The molecule has 5 heteroatoms. The summed E-state index contributed by atoms with van der Waals surface area (Å²) in [6, 6.07) is -0.235. The first kappa shape index (κ1) is 9.15. The van der Waals surface area contributed by atoms with E-state index >= 15 is 0 Å². The summed E-state index contributed by atoms with van der Waals surface area (Å²) in [5, 5.41) is 11.0. The van der Waals surface area contributed by atoms with Gasteiger partial charge < -0.3 is 10.8 Å². The van der Waals surface area contributed by atoms with E-state index in [1.165, 1.54) is 11.3 Å². The lowest BCUT2D eigenvalue weighted by molar-refractivity contribution is -0.137. The second kappa shape index (κ2) is 4.18. The largest absolute Gasteiger partial charge is 0.481 e. The molecule has 0 bridgehead atoms. The van der Waals surface area contributed by atoms with Crippen LogP contribution in [0.1, 0.15) is 23.9 Å². The molecular weight excluding hydrogens is 176 g/mol. The van der Waals surface area contributed by atoms with Gasteiger partial charge in [0.05, 0.1) is 6.04 Å². The van der Waals surface area contributed by atoms with Crippen LogP contribution >= 0.6 is 11.3 Å². The van der Waals surface area contributed by atoms with Crippen molar-refractivity contribution < 1.29 is 9.90 Å². The number of carboxylic acids is 1. The molecule has 0 aliphatic rings. The SMILES string of the molecule is NC(CCC(=O)O)c1nccs1. The molecule has 3 N–H and O–H groups in total. The first-order valence-corrected chi connectivity index (χ1v) is 4.45. The fraction of sp³-hybridized carbons (Fsp3) is 0.429. The lowest BCUT2D eigenvalue weighted by Gasteiger charge is -2.04. The van der Waals surface area contributed by atoms with Gasteiger partial charge in [0.1, 0.15) is 5.01 Å². The zero-order valence-electron chi connectivity index (χ0n) is 6.43. The van der Waals surface area contributed by atoms with Crippen LogP contribution in [0.4, 0.5) is 0 Å². The van der Waals surface area contributed by atoms with Crippen LogP contribution in [0.2, 0.25) is 0 Å². The molecule has 0 amide bonds. The summed E-state index contributed by atoms with van der Waals surface area (Å²) in [4.78, 5) is 14.2. The maximum atomic E-state index is 10.2. The summed E-state index contributed by atoms with van der Waals surface area (Å²) in [6.45, 7) is 0. The van der Waals surface area contributed by atoms with Crippen LogP contribution in [0, 0.1) is 0 Å². The Morgan fingerprint density at radius 1 is 1.83 bits per heavy atom. The molecule has 1 aromatic heterocycles. The van der Waals surface area contributed by atoms with Gasteiger partial charge in [-0.3, -0.25) is 4.79 Å². The van der Waals surface area contributed by atoms with E-state index in [9.17, 15) is 4.79 Å². The number of hydrogen-bond donors (Lipinski definition) is 2. The molecule has 0 spiro atoms. The quantitative estimate of drug-likeness (QED) is 0.735. The molecule has 4 nitrogen and oxygen atoms in total. The first-order chi connectivity index (χ1) is 5.70. The van der Waals surface area contributed by atoms with E-state index in [0.29, 0.717) is 6.42 Å². The van der Waals surface area contributed by atoms with Crippen molar-refractivity contribution in [2.75, 3.05) is 0 Å². The van der Waals surface area contributed by atoms with Crippen LogP contribution in [0.25, 0.3) is 0 Å². The van der Waals surface area contributed by atoms with Crippen molar-refractivity contribution in [3.05, 3.63) is 16.6 Å². The zero-order valence-corrected chi connectivity index (χ0v) is 7.25. The van der Waals surface area contributed by atoms with E-state index in [-0.39, 0.29) is 12.5 Å². The van der Waals surface area contributed by atoms with Crippen molar-refractivity contribution >= 4 is 17.3 Å². The number of nitrogens with two attached hydrogens (primary N) is 1. The summed E-state index contributed by atoms with van der Waals surface area (Å²) >= 11 is 1.45. The number of aliphatic carboxylic acids is 1. The minimum Gasteiger partial charge on any atom is -0.481 e. The van der Waals surface area contributed by atoms with Crippen LogP contribution in [0.15, 0.2) is 11.6 Å². The Hall–Kier alpha value is -0.940. The molecule has 1 atom stereocenters. The van der Waals surface area contributed by atoms with Crippen molar-refractivity contribution in [2.45, 2.75) is 18.9 Å². The summed E-state index contributed by atoms with van der Waals surface area (Å²) < 4.78 is 0. The van der Waals surface area contributed by atoms with E-state index in [1.807, 2.05) is 5.38 Å².